The van der Waals surface area contributed by atoms with Gasteiger partial charge in [0.1, 0.15) is 0 Å². The highest BCUT2D eigenvalue weighted by Crippen LogP contribution is 2.24. The summed E-state index contributed by atoms with van der Waals surface area (Å²) in [6, 6.07) is 4.19. The minimum absolute atomic E-state index is 0.565. The van der Waals surface area contributed by atoms with Crippen molar-refractivity contribution >= 4 is 10.9 Å². The molecule has 0 aliphatic carbocycles. The maximum atomic E-state index is 5.70. The van der Waals surface area contributed by atoms with Crippen molar-refractivity contribution in [2.45, 2.75) is 20.4 Å². The molecule has 3 nitrogen and oxygen atoms in total. The zero-order valence-electron chi connectivity index (χ0n) is 8.83. The lowest BCUT2D eigenvalue weighted by molar-refractivity contribution is 0.778. The van der Waals surface area contributed by atoms with Crippen molar-refractivity contribution in [2.75, 3.05) is 0 Å². The molecule has 2 rings (SSSR count). The Morgan fingerprint density at radius 3 is 2.71 bits per heavy atom. The molecule has 0 bridgehead atoms. The van der Waals surface area contributed by atoms with E-state index < -0.39 is 0 Å². The first-order valence-corrected chi connectivity index (χ1v) is 4.77. The molecule has 1 heterocycles. The van der Waals surface area contributed by atoms with Gasteiger partial charge in [-0.3, -0.25) is 4.68 Å². The number of aromatic nitrogens is 2. The fourth-order valence-corrected chi connectivity index (χ4v) is 2.05. The van der Waals surface area contributed by atoms with E-state index in [4.69, 9.17) is 5.73 Å². The number of aryl methyl sites for hydroxylation is 3. The molecule has 0 aliphatic rings. The number of rotatable bonds is 1. The van der Waals surface area contributed by atoms with E-state index in [-0.39, 0.29) is 0 Å². The number of nitrogens with two attached hydrogens (primary N) is 1. The van der Waals surface area contributed by atoms with Crippen LogP contribution in [0.1, 0.15) is 16.8 Å². The highest BCUT2D eigenvalue weighted by Gasteiger charge is 2.10. The summed E-state index contributed by atoms with van der Waals surface area (Å²) in [4.78, 5) is 0. The topological polar surface area (TPSA) is 43.8 Å². The summed E-state index contributed by atoms with van der Waals surface area (Å²) < 4.78 is 1.92. The van der Waals surface area contributed by atoms with Crippen LogP contribution < -0.4 is 5.73 Å². The van der Waals surface area contributed by atoms with E-state index in [1.807, 2.05) is 18.7 Å². The Labute approximate surface area is 83.5 Å². The number of hydrogen-bond donors (Lipinski definition) is 1. The summed E-state index contributed by atoms with van der Waals surface area (Å²) in [7, 11) is 1.97. The van der Waals surface area contributed by atoms with E-state index in [2.05, 4.69) is 24.2 Å². The van der Waals surface area contributed by atoms with Crippen LogP contribution in [0.3, 0.4) is 0 Å². The molecule has 0 spiro atoms. The van der Waals surface area contributed by atoms with Crippen LogP contribution in [0, 0.1) is 13.8 Å². The van der Waals surface area contributed by atoms with Crippen LogP contribution in [0.5, 0.6) is 0 Å². The van der Waals surface area contributed by atoms with Gasteiger partial charge in [-0.05, 0) is 25.0 Å². The lowest BCUT2D eigenvalue weighted by Crippen LogP contribution is -2.01. The quantitative estimate of drug-likeness (QED) is 0.741. The van der Waals surface area contributed by atoms with Crippen LogP contribution in [0.25, 0.3) is 10.9 Å². The Morgan fingerprint density at radius 2 is 2.07 bits per heavy atom. The van der Waals surface area contributed by atoms with E-state index in [9.17, 15) is 0 Å². The third-order valence-electron chi connectivity index (χ3n) is 2.68. The van der Waals surface area contributed by atoms with Gasteiger partial charge in [-0.15, -0.1) is 0 Å². The molecular weight excluding hydrogens is 174 g/mol. The van der Waals surface area contributed by atoms with Crippen LogP contribution in [0.15, 0.2) is 12.1 Å². The molecule has 0 fully saturated rings. The highest BCUT2D eigenvalue weighted by atomic mass is 15.3. The third-order valence-corrected chi connectivity index (χ3v) is 2.68. The van der Waals surface area contributed by atoms with Crippen LogP contribution in [-0.4, -0.2) is 9.78 Å². The minimum atomic E-state index is 0.565. The molecule has 2 N–H and O–H groups in total. The van der Waals surface area contributed by atoms with Crippen LogP contribution in [-0.2, 0) is 13.6 Å². The van der Waals surface area contributed by atoms with E-state index in [1.54, 1.807) is 0 Å². The van der Waals surface area contributed by atoms with Gasteiger partial charge in [0.25, 0.3) is 0 Å². The van der Waals surface area contributed by atoms with Crippen molar-refractivity contribution in [3.63, 3.8) is 0 Å². The Balaban J connectivity index is 2.94. The maximum Gasteiger partial charge on any atom is 0.0729 e. The first kappa shape index (κ1) is 9.21. The van der Waals surface area contributed by atoms with Crippen LogP contribution in [0.2, 0.25) is 0 Å². The van der Waals surface area contributed by atoms with Gasteiger partial charge in [0.2, 0.25) is 0 Å². The number of hydrogen-bond acceptors (Lipinski definition) is 2. The monoisotopic (exact) mass is 189 g/mol. The summed E-state index contributed by atoms with van der Waals surface area (Å²) >= 11 is 0. The predicted octanol–water partition coefficient (Wildman–Crippen LogP) is 1.65. The lowest BCUT2D eigenvalue weighted by Gasteiger charge is -2.04. The molecule has 14 heavy (non-hydrogen) atoms. The molecule has 1 aromatic heterocycles. The van der Waals surface area contributed by atoms with Crippen molar-refractivity contribution < 1.29 is 0 Å². The molecular formula is C11H15N3. The minimum Gasteiger partial charge on any atom is -0.326 e. The average Bonchev–Trinajstić information content (AvgIpc) is 2.44. The largest absolute Gasteiger partial charge is 0.326 e. The van der Waals surface area contributed by atoms with Crippen molar-refractivity contribution in [1.82, 2.24) is 9.78 Å². The molecule has 1 aromatic carbocycles. The third kappa shape index (κ3) is 1.13. The van der Waals surface area contributed by atoms with Crippen molar-refractivity contribution in [1.29, 1.82) is 0 Å². The molecule has 0 saturated heterocycles. The standard InChI is InChI=1S/C11H15N3/c1-7-4-5-9(6-12)11-10(7)8(2)13-14(11)3/h4-5H,6,12H2,1-3H3. The van der Waals surface area contributed by atoms with Crippen LogP contribution >= 0.6 is 0 Å². The Morgan fingerprint density at radius 1 is 1.36 bits per heavy atom. The molecule has 0 radical (unpaired) electrons. The Kier molecular flexibility index (Phi) is 2.04. The van der Waals surface area contributed by atoms with Gasteiger partial charge in [0, 0.05) is 19.0 Å². The summed E-state index contributed by atoms with van der Waals surface area (Å²) in [6.45, 7) is 4.71. The van der Waals surface area contributed by atoms with Gasteiger partial charge in [0.15, 0.2) is 0 Å². The van der Waals surface area contributed by atoms with Crippen molar-refractivity contribution in [3.05, 3.63) is 29.0 Å². The highest BCUT2D eigenvalue weighted by molar-refractivity contribution is 5.87. The summed E-state index contributed by atoms with van der Waals surface area (Å²) in [5.74, 6) is 0. The molecule has 0 saturated carbocycles. The van der Waals surface area contributed by atoms with Gasteiger partial charge in [0.05, 0.1) is 11.2 Å². The predicted molar refractivity (Wildman–Crippen MR) is 58.1 cm³/mol. The summed E-state index contributed by atoms with van der Waals surface area (Å²) in [5, 5.41) is 5.67. The second kappa shape index (κ2) is 3.10. The molecule has 3 heteroatoms. The van der Waals surface area contributed by atoms with E-state index in [0.717, 1.165) is 11.3 Å². The average molecular weight is 189 g/mol. The molecule has 74 valence electrons. The maximum absolute atomic E-state index is 5.70. The van der Waals surface area contributed by atoms with E-state index in [1.165, 1.54) is 16.5 Å². The normalized spacial score (nSPS) is 11.1. The zero-order valence-corrected chi connectivity index (χ0v) is 8.83. The number of fused-ring (bicyclic) bond motifs is 1. The summed E-state index contributed by atoms with van der Waals surface area (Å²) in [5.41, 5.74) is 10.4. The smallest absolute Gasteiger partial charge is 0.0729 e. The molecule has 0 unspecified atom stereocenters. The molecule has 0 atom stereocenters. The van der Waals surface area contributed by atoms with E-state index in [0.29, 0.717) is 6.54 Å². The number of nitrogens with zero attached hydrogens (tertiary/aromatic N) is 2. The SMILES string of the molecule is Cc1ccc(CN)c2c1c(C)nn2C. The van der Waals surface area contributed by atoms with Gasteiger partial charge in [-0.25, -0.2) is 0 Å². The van der Waals surface area contributed by atoms with Crippen molar-refractivity contribution in [2.24, 2.45) is 12.8 Å². The lowest BCUT2D eigenvalue weighted by atomic mass is 10.0. The van der Waals surface area contributed by atoms with Crippen LogP contribution in [0.4, 0.5) is 0 Å². The molecule has 0 aliphatic heterocycles. The Hall–Kier alpha value is -1.35. The van der Waals surface area contributed by atoms with Gasteiger partial charge in [-0.1, -0.05) is 12.1 Å². The zero-order chi connectivity index (χ0) is 10.3. The van der Waals surface area contributed by atoms with Gasteiger partial charge in [-0.2, -0.15) is 5.10 Å². The second-order valence-electron chi connectivity index (χ2n) is 3.68. The van der Waals surface area contributed by atoms with Gasteiger partial charge >= 0.3 is 0 Å². The fraction of sp³-hybridized carbons (Fsp3) is 0.364. The first-order valence-electron chi connectivity index (χ1n) is 4.77. The molecule has 0 amide bonds. The van der Waals surface area contributed by atoms with Gasteiger partial charge < -0.3 is 5.73 Å². The molecule has 2 aromatic rings. The van der Waals surface area contributed by atoms with Crippen molar-refractivity contribution in [3.8, 4) is 0 Å². The fourth-order valence-electron chi connectivity index (χ4n) is 2.05. The summed E-state index contributed by atoms with van der Waals surface area (Å²) in [6.07, 6.45) is 0. The second-order valence-corrected chi connectivity index (χ2v) is 3.68. The van der Waals surface area contributed by atoms with E-state index >= 15 is 0 Å². The number of benzene rings is 1. The Bertz CT molecular complexity index is 483. The first-order chi connectivity index (χ1) is 6.65.